The number of fused-ring (bicyclic) bond motifs is 1. The second kappa shape index (κ2) is 6.89. The highest BCUT2D eigenvalue weighted by molar-refractivity contribution is 7.79. The van der Waals surface area contributed by atoms with E-state index in [1.165, 1.54) is 0 Å². The molecule has 0 bridgehead atoms. The van der Waals surface area contributed by atoms with Crippen molar-refractivity contribution in [1.29, 1.82) is 0 Å². The summed E-state index contributed by atoms with van der Waals surface area (Å²) in [6, 6.07) is 7.44. The van der Waals surface area contributed by atoms with Crippen molar-refractivity contribution in [3.05, 3.63) is 35.6 Å². The molecule has 0 aliphatic carbocycles. The third-order valence-electron chi connectivity index (χ3n) is 3.24. The van der Waals surface area contributed by atoms with Crippen LogP contribution in [0, 0.1) is 0 Å². The smallest absolute Gasteiger partial charge is 0.227 e. The average molecular weight is 347 g/mol. The van der Waals surface area contributed by atoms with E-state index in [0.29, 0.717) is 28.9 Å². The average Bonchev–Trinajstić information content (AvgIpc) is 2.96. The molecule has 0 spiro atoms. The third kappa shape index (κ3) is 3.40. The summed E-state index contributed by atoms with van der Waals surface area (Å²) >= 11 is 10.9. The van der Waals surface area contributed by atoms with E-state index in [1.807, 2.05) is 35.8 Å². The Labute approximate surface area is 143 Å². The highest BCUT2D eigenvalue weighted by Crippen LogP contribution is 2.25. The molecule has 8 heteroatoms. The highest BCUT2D eigenvalue weighted by Gasteiger charge is 2.13. The van der Waals surface area contributed by atoms with Crippen LogP contribution in [-0.4, -0.2) is 31.4 Å². The molecule has 1 aromatic carbocycles. The zero-order valence-corrected chi connectivity index (χ0v) is 14.0. The molecular weight excluding hydrogens is 332 g/mol. The number of benzene rings is 1. The molecule has 0 aliphatic rings. The summed E-state index contributed by atoms with van der Waals surface area (Å²) in [6.07, 6.45) is 1.76. The molecule has 3 rings (SSSR count). The highest BCUT2D eigenvalue weighted by atomic mass is 35.5. The predicted molar refractivity (Wildman–Crippen MR) is 97.9 cm³/mol. The van der Waals surface area contributed by atoms with Crippen LogP contribution in [-0.2, 0) is 6.54 Å². The Morgan fingerprint density at radius 1 is 1.35 bits per heavy atom. The van der Waals surface area contributed by atoms with Crippen LogP contribution < -0.4 is 10.6 Å². The van der Waals surface area contributed by atoms with Gasteiger partial charge in [0, 0.05) is 23.8 Å². The number of thiocarbonyl (C=S) groups is 1. The van der Waals surface area contributed by atoms with Crippen molar-refractivity contribution in [2.75, 3.05) is 17.2 Å². The number of hydrogen-bond donors (Lipinski definition) is 2. The van der Waals surface area contributed by atoms with Crippen molar-refractivity contribution in [2.24, 2.45) is 0 Å². The predicted octanol–water partition coefficient (Wildman–Crippen LogP) is 3.65. The Morgan fingerprint density at radius 3 is 2.96 bits per heavy atom. The summed E-state index contributed by atoms with van der Waals surface area (Å²) in [6.45, 7) is 3.33. The quantitative estimate of drug-likeness (QED) is 0.664. The van der Waals surface area contributed by atoms with Gasteiger partial charge in [-0.3, -0.25) is 0 Å². The molecule has 0 atom stereocenters. The topological polar surface area (TPSA) is 67.7 Å². The molecular formula is C15H15ClN6S. The Balaban J connectivity index is 2.06. The second-order valence-electron chi connectivity index (χ2n) is 4.78. The minimum Gasteiger partial charge on any atom is -0.350 e. The van der Waals surface area contributed by atoms with Crippen LogP contribution in [0.1, 0.15) is 6.92 Å². The third-order valence-corrected chi connectivity index (χ3v) is 3.64. The van der Waals surface area contributed by atoms with E-state index in [-0.39, 0.29) is 0 Å². The van der Waals surface area contributed by atoms with Crippen LogP contribution >= 0.6 is 23.8 Å². The van der Waals surface area contributed by atoms with E-state index in [4.69, 9.17) is 23.8 Å². The molecule has 6 nitrogen and oxygen atoms in total. The fraction of sp³-hybridized carbons (Fsp3) is 0.200. The first-order valence-electron chi connectivity index (χ1n) is 7.14. The molecule has 0 radical (unpaired) electrons. The van der Waals surface area contributed by atoms with Crippen LogP contribution in [0.2, 0.25) is 5.02 Å². The van der Waals surface area contributed by atoms with E-state index < -0.39 is 0 Å². The fourth-order valence-electron chi connectivity index (χ4n) is 2.18. The number of hydrogen-bond acceptors (Lipinski definition) is 6. The van der Waals surface area contributed by atoms with Gasteiger partial charge in [0.1, 0.15) is 0 Å². The Bertz CT molecular complexity index is 847. The van der Waals surface area contributed by atoms with E-state index in [2.05, 4.69) is 25.6 Å². The normalized spacial score (nSPS) is 10.7. The molecule has 3 aromatic rings. The van der Waals surface area contributed by atoms with Crippen LogP contribution in [0.25, 0.3) is 11.2 Å². The van der Waals surface area contributed by atoms with Gasteiger partial charge in [-0.15, -0.1) is 0 Å². The van der Waals surface area contributed by atoms with E-state index in [0.717, 1.165) is 17.9 Å². The van der Waals surface area contributed by atoms with Crippen LogP contribution in [0.5, 0.6) is 0 Å². The summed E-state index contributed by atoms with van der Waals surface area (Å²) in [4.78, 5) is 13.4. The van der Waals surface area contributed by atoms with Crippen molar-refractivity contribution in [2.45, 2.75) is 13.5 Å². The van der Waals surface area contributed by atoms with Gasteiger partial charge in [0.15, 0.2) is 17.0 Å². The van der Waals surface area contributed by atoms with Gasteiger partial charge >= 0.3 is 0 Å². The summed E-state index contributed by atoms with van der Waals surface area (Å²) < 4.78 is 1.96. The molecule has 2 heterocycles. The molecule has 0 fully saturated rings. The van der Waals surface area contributed by atoms with Gasteiger partial charge in [0.25, 0.3) is 0 Å². The van der Waals surface area contributed by atoms with Crippen LogP contribution in [0.3, 0.4) is 0 Å². The van der Waals surface area contributed by atoms with E-state index in [9.17, 15) is 0 Å². The van der Waals surface area contributed by atoms with Gasteiger partial charge < -0.3 is 15.2 Å². The summed E-state index contributed by atoms with van der Waals surface area (Å²) in [5.74, 6) is 1.12. The lowest BCUT2D eigenvalue weighted by molar-refractivity contribution is 0.777. The Kier molecular flexibility index (Phi) is 4.68. The van der Waals surface area contributed by atoms with Crippen LogP contribution in [0.4, 0.5) is 17.5 Å². The first-order chi connectivity index (χ1) is 11.2. The van der Waals surface area contributed by atoms with Gasteiger partial charge in [-0.2, -0.15) is 9.97 Å². The number of imidazole rings is 1. The molecule has 2 aromatic heterocycles. The second-order valence-corrected chi connectivity index (χ2v) is 5.55. The fourth-order valence-corrected chi connectivity index (χ4v) is 2.45. The molecule has 0 saturated heterocycles. The van der Waals surface area contributed by atoms with Gasteiger partial charge in [-0.1, -0.05) is 29.9 Å². The summed E-state index contributed by atoms with van der Waals surface area (Å²) in [5.41, 5.74) is 2.31. The Hall–Kier alpha value is -2.25. The number of nitrogens with one attached hydrogen (secondary N) is 2. The van der Waals surface area contributed by atoms with Crippen molar-refractivity contribution >= 4 is 57.8 Å². The molecule has 23 heavy (non-hydrogen) atoms. The standard InChI is InChI=1S/C15H15ClN6S/c1-2-22-9-18-12-13(19-11-5-3-4-10(16)8-11)20-15(17-6-7-23)21-14(12)22/h3-5,7-9H,2,6H2,1H3,(H2,17,19,20,21). The van der Waals surface area contributed by atoms with Crippen molar-refractivity contribution < 1.29 is 0 Å². The van der Waals surface area contributed by atoms with Crippen molar-refractivity contribution in [1.82, 2.24) is 19.5 Å². The minimum absolute atomic E-state index is 0.498. The number of nitrogens with zero attached hydrogens (tertiary/aromatic N) is 4. The lowest BCUT2D eigenvalue weighted by Gasteiger charge is -2.09. The molecule has 0 saturated carbocycles. The lowest BCUT2D eigenvalue weighted by atomic mass is 10.3. The summed E-state index contributed by atoms with van der Waals surface area (Å²) in [5, 5.41) is 8.57. The molecule has 118 valence electrons. The van der Waals surface area contributed by atoms with Crippen LogP contribution in [0.15, 0.2) is 30.6 Å². The zero-order chi connectivity index (χ0) is 16.2. The summed E-state index contributed by atoms with van der Waals surface area (Å²) in [7, 11) is 0. The molecule has 0 amide bonds. The van der Waals surface area contributed by atoms with E-state index in [1.54, 1.807) is 11.7 Å². The number of anilines is 3. The largest absolute Gasteiger partial charge is 0.350 e. The number of rotatable bonds is 6. The number of aryl methyl sites for hydroxylation is 1. The van der Waals surface area contributed by atoms with E-state index >= 15 is 0 Å². The maximum atomic E-state index is 6.04. The number of halogens is 1. The van der Waals surface area contributed by atoms with Gasteiger partial charge in [-0.25, -0.2) is 4.98 Å². The maximum absolute atomic E-state index is 6.04. The molecule has 0 unspecified atom stereocenters. The first kappa shape index (κ1) is 15.6. The lowest BCUT2D eigenvalue weighted by Crippen LogP contribution is -2.08. The zero-order valence-electron chi connectivity index (χ0n) is 12.5. The van der Waals surface area contributed by atoms with Gasteiger partial charge in [0.2, 0.25) is 5.95 Å². The van der Waals surface area contributed by atoms with Gasteiger partial charge in [-0.05, 0) is 30.5 Å². The van der Waals surface area contributed by atoms with Crippen molar-refractivity contribution in [3.8, 4) is 0 Å². The number of aromatic nitrogens is 4. The SMILES string of the molecule is CCn1cnc2c(Nc3cccc(Cl)c3)nc(NCC=S)nc21. The minimum atomic E-state index is 0.498. The first-order valence-corrected chi connectivity index (χ1v) is 7.99. The van der Waals surface area contributed by atoms with Crippen molar-refractivity contribution in [3.63, 3.8) is 0 Å². The maximum Gasteiger partial charge on any atom is 0.227 e. The van der Waals surface area contributed by atoms with Gasteiger partial charge in [0.05, 0.1) is 6.33 Å². The Morgan fingerprint density at radius 2 is 2.22 bits per heavy atom. The molecule has 2 N–H and O–H groups in total. The molecule has 0 aliphatic heterocycles. The monoisotopic (exact) mass is 346 g/mol.